The number of amides is 1. The minimum atomic E-state index is 0.0169. The molecule has 0 radical (unpaired) electrons. The summed E-state index contributed by atoms with van der Waals surface area (Å²) in [6.45, 7) is 9.48. The molecule has 1 amide bonds. The molecule has 1 saturated heterocycles. The Labute approximate surface area is 177 Å². The molecule has 1 aliphatic rings. The van der Waals surface area contributed by atoms with Crippen LogP contribution in [0.25, 0.3) is 22.2 Å². The maximum absolute atomic E-state index is 13.5. The lowest BCUT2D eigenvalue weighted by atomic mass is 9.95. The van der Waals surface area contributed by atoms with Gasteiger partial charge in [-0.15, -0.1) is 0 Å². The zero-order valence-electron chi connectivity index (χ0n) is 18.0. The van der Waals surface area contributed by atoms with Crippen molar-refractivity contribution in [2.24, 2.45) is 5.92 Å². The molecule has 154 valence electrons. The summed E-state index contributed by atoms with van der Waals surface area (Å²) >= 11 is 0. The van der Waals surface area contributed by atoms with Gasteiger partial charge in [0.2, 0.25) is 0 Å². The Kier molecular flexibility index (Phi) is 5.29. The zero-order valence-corrected chi connectivity index (χ0v) is 18.0. The van der Waals surface area contributed by atoms with Crippen molar-refractivity contribution in [2.45, 2.75) is 46.6 Å². The largest absolute Gasteiger partial charge is 0.339 e. The number of nitriles is 1. The molecule has 0 N–H and O–H groups in total. The molecule has 3 heterocycles. The highest BCUT2D eigenvalue weighted by molar-refractivity contribution is 6.08. The molecule has 0 bridgehead atoms. The molecular weight excluding hydrogens is 374 g/mol. The summed E-state index contributed by atoms with van der Waals surface area (Å²) in [5.74, 6) is 0.0632. The van der Waals surface area contributed by atoms with Crippen LogP contribution in [0.1, 0.15) is 54.2 Å². The number of likely N-dealkylation sites (tertiary alicyclic amines) is 1. The van der Waals surface area contributed by atoms with Gasteiger partial charge < -0.3 is 4.90 Å². The predicted molar refractivity (Wildman–Crippen MR) is 117 cm³/mol. The average molecular weight is 402 g/mol. The van der Waals surface area contributed by atoms with Crippen molar-refractivity contribution < 1.29 is 4.79 Å². The first-order chi connectivity index (χ1) is 14.4. The molecule has 6 nitrogen and oxygen atoms in total. The molecule has 4 rings (SSSR count). The van der Waals surface area contributed by atoms with Crippen LogP contribution in [0.15, 0.2) is 30.6 Å². The highest BCUT2D eigenvalue weighted by Gasteiger charge is 2.26. The molecule has 30 heavy (non-hydrogen) atoms. The van der Waals surface area contributed by atoms with E-state index in [1.165, 1.54) is 0 Å². The number of benzene rings is 1. The summed E-state index contributed by atoms with van der Waals surface area (Å²) < 4.78 is 1.90. The van der Waals surface area contributed by atoms with E-state index < -0.39 is 0 Å². The number of fused-ring (bicyclic) bond motifs is 1. The molecule has 1 fully saturated rings. The fourth-order valence-corrected chi connectivity index (χ4v) is 4.21. The van der Waals surface area contributed by atoms with Crippen molar-refractivity contribution in [3.63, 3.8) is 0 Å². The Morgan fingerprint density at radius 2 is 1.93 bits per heavy atom. The van der Waals surface area contributed by atoms with Gasteiger partial charge >= 0.3 is 0 Å². The summed E-state index contributed by atoms with van der Waals surface area (Å²) in [5, 5.41) is 14.5. The second kappa shape index (κ2) is 7.91. The Balaban J connectivity index is 1.82. The molecule has 0 aliphatic carbocycles. The Morgan fingerprint density at radius 1 is 1.20 bits per heavy atom. The van der Waals surface area contributed by atoms with E-state index >= 15 is 0 Å². The van der Waals surface area contributed by atoms with Gasteiger partial charge in [-0.05, 0) is 63.8 Å². The summed E-state index contributed by atoms with van der Waals surface area (Å²) in [5.41, 5.74) is 5.35. The van der Waals surface area contributed by atoms with Crippen molar-refractivity contribution in [2.75, 3.05) is 13.1 Å². The molecule has 3 aromatic rings. The number of aromatic nitrogens is 3. The number of pyridine rings is 1. The number of piperidine rings is 1. The third-order valence-corrected chi connectivity index (χ3v) is 5.87. The SMILES string of the molecule is Cc1cc(C)c2c(C(=O)N3CCC(C#N)CC3)cc(-c3cnn(C(C)C)c3)nc2c1. The van der Waals surface area contributed by atoms with Crippen LogP contribution in [0, 0.1) is 31.1 Å². The van der Waals surface area contributed by atoms with Crippen molar-refractivity contribution in [3.8, 4) is 17.3 Å². The van der Waals surface area contributed by atoms with Crippen molar-refractivity contribution >= 4 is 16.8 Å². The first-order valence-corrected chi connectivity index (χ1v) is 10.5. The van der Waals surface area contributed by atoms with Gasteiger partial charge in [0.05, 0.1) is 29.0 Å². The van der Waals surface area contributed by atoms with Crippen molar-refractivity contribution in [1.82, 2.24) is 19.7 Å². The summed E-state index contributed by atoms with van der Waals surface area (Å²) in [7, 11) is 0. The Morgan fingerprint density at radius 3 is 2.57 bits per heavy atom. The first kappa shape index (κ1) is 20.1. The van der Waals surface area contributed by atoms with Crippen LogP contribution in [0.2, 0.25) is 0 Å². The van der Waals surface area contributed by atoms with Crippen LogP contribution >= 0.6 is 0 Å². The topological polar surface area (TPSA) is 74.8 Å². The van der Waals surface area contributed by atoms with Gasteiger partial charge in [0.25, 0.3) is 5.91 Å². The highest BCUT2D eigenvalue weighted by Crippen LogP contribution is 2.30. The van der Waals surface area contributed by atoms with Crippen LogP contribution in [0.3, 0.4) is 0 Å². The number of rotatable bonds is 3. The van der Waals surface area contributed by atoms with Crippen LogP contribution in [0.4, 0.5) is 0 Å². The molecular formula is C24H27N5O. The Hall–Kier alpha value is -3.20. The van der Waals surface area contributed by atoms with E-state index in [4.69, 9.17) is 4.98 Å². The molecule has 1 aliphatic heterocycles. The van der Waals surface area contributed by atoms with Crippen LogP contribution < -0.4 is 0 Å². The third kappa shape index (κ3) is 3.68. The summed E-state index contributed by atoms with van der Waals surface area (Å²) in [6.07, 6.45) is 5.26. The van der Waals surface area contributed by atoms with Gasteiger partial charge in [0.15, 0.2) is 0 Å². The second-order valence-electron chi connectivity index (χ2n) is 8.53. The monoisotopic (exact) mass is 401 g/mol. The van der Waals surface area contributed by atoms with Crippen LogP contribution in [-0.2, 0) is 0 Å². The summed E-state index contributed by atoms with van der Waals surface area (Å²) in [6, 6.07) is 8.63. The quantitative estimate of drug-likeness (QED) is 0.639. The van der Waals surface area contributed by atoms with Crippen LogP contribution in [-0.4, -0.2) is 38.7 Å². The van der Waals surface area contributed by atoms with Gasteiger partial charge in [0.1, 0.15) is 0 Å². The van der Waals surface area contributed by atoms with E-state index in [0.29, 0.717) is 18.7 Å². The van der Waals surface area contributed by atoms with Crippen LogP contribution in [0.5, 0.6) is 0 Å². The highest BCUT2D eigenvalue weighted by atomic mass is 16.2. The first-order valence-electron chi connectivity index (χ1n) is 10.5. The number of aryl methyl sites for hydroxylation is 2. The van der Waals surface area contributed by atoms with Gasteiger partial charge in [-0.3, -0.25) is 9.48 Å². The fourth-order valence-electron chi connectivity index (χ4n) is 4.21. The lowest BCUT2D eigenvalue weighted by molar-refractivity contribution is 0.0709. The van der Waals surface area contributed by atoms with E-state index in [1.54, 1.807) is 0 Å². The maximum atomic E-state index is 13.5. The molecule has 0 spiro atoms. The van der Waals surface area contributed by atoms with Crippen molar-refractivity contribution in [1.29, 1.82) is 5.26 Å². The average Bonchev–Trinajstić information content (AvgIpc) is 3.23. The molecule has 0 unspecified atom stereocenters. The van der Waals surface area contributed by atoms with Crippen molar-refractivity contribution in [3.05, 3.63) is 47.3 Å². The third-order valence-electron chi connectivity index (χ3n) is 5.87. The predicted octanol–water partition coefficient (Wildman–Crippen LogP) is 4.67. The van der Waals surface area contributed by atoms with Gasteiger partial charge in [0, 0.05) is 42.2 Å². The Bertz CT molecular complexity index is 1150. The van der Waals surface area contributed by atoms with E-state index in [1.807, 2.05) is 48.0 Å². The smallest absolute Gasteiger partial charge is 0.254 e. The number of hydrogen-bond acceptors (Lipinski definition) is 4. The molecule has 1 aromatic carbocycles. The minimum absolute atomic E-state index is 0.0169. The standard InChI is InChI=1S/C24H27N5O/c1-15(2)29-14-19(13-26-29)21-11-20(23-17(4)9-16(3)10-22(23)27-21)24(30)28-7-5-18(12-25)6-8-28/h9-11,13-15,18H,5-8H2,1-4H3. The molecule has 0 saturated carbocycles. The lowest BCUT2D eigenvalue weighted by Gasteiger charge is -2.29. The number of nitrogens with zero attached hydrogens (tertiary/aromatic N) is 5. The number of carbonyl (C=O) groups excluding carboxylic acids is 1. The van der Waals surface area contributed by atoms with Gasteiger partial charge in [-0.25, -0.2) is 4.98 Å². The van der Waals surface area contributed by atoms with Gasteiger partial charge in [-0.1, -0.05) is 6.07 Å². The second-order valence-corrected chi connectivity index (χ2v) is 8.53. The zero-order chi connectivity index (χ0) is 21.4. The van der Waals surface area contributed by atoms with Gasteiger partial charge in [-0.2, -0.15) is 10.4 Å². The fraction of sp³-hybridized carbons (Fsp3) is 0.417. The van der Waals surface area contributed by atoms with E-state index in [0.717, 1.165) is 46.1 Å². The summed E-state index contributed by atoms with van der Waals surface area (Å²) in [4.78, 5) is 20.3. The lowest BCUT2D eigenvalue weighted by Crippen LogP contribution is -2.38. The maximum Gasteiger partial charge on any atom is 0.254 e. The van der Waals surface area contributed by atoms with E-state index in [9.17, 15) is 10.1 Å². The molecule has 6 heteroatoms. The number of hydrogen-bond donors (Lipinski definition) is 0. The molecule has 0 atom stereocenters. The normalized spacial score (nSPS) is 15.0. The minimum Gasteiger partial charge on any atom is -0.339 e. The molecule has 2 aromatic heterocycles. The number of carbonyl (C=O) groups is 1. The van der Waals surface area contributed by atoms with E-state index in [-0.39, 0.29) is 17.9 Å². The van der Waals surface area contributed by atoms with E-state index in [2.05, 4.69) is 31.1 Å².